The third-order valence-electron chi connectivity index (χ3n) is 5.68. The maximum atomic E-state index is 12.9. The van der Waals surface area contributed by atoms with E-state index in [1.165, 1.54) is 16.7 Å². The van der Waals surface area contributed by atoms with Crippen molar-refractivity contribution in [1.82, 2.24) is 4.72 Å². The first-order chi connectivity index (χ1) is 16.7. The summed E-state index contributed by atoms with van der Waals surface area (Å²) in [5.41, 5.74) is 13.2. The number of benzene rings is 4. The maximum absolute atomic E-state index is 12.9. The van der Waals surface area contributed by atoms with Gasteiger partial charge in [-0.3, -0.25) is 0 Å². The second kappa shape index (κ2) is 13.6. The SMILES string of the molecule is Cc1cc(C)cc(C)c1.Cc1ccc(S(=O)(=O)N[C@H](c2ccccc2)[C@H](N)c2ccccc2)cc1.[Ru]. The van der Waals surface area contributed by atoms with Gasteiger partial charge in [-0.2, -0.15) is 0 Å². The van der Waals surface area contributed by atoms with Crippen molar-refractivity contribution >= 4 is 10.0 Å². The Labute approximate surface area is 228 Å². The molecule has 4 nitrogen and oxygen atoms in total. The second-order valence-corrected chi connectivity index (χ2v) is 10.6. The minimum absolute atomic E-state index is 0. The molecule has 36 heavy (non-hydrogen) atoms. The summed E-state index contributed by atoms with van der Waals surface area (Å²) >= 11 is 0. The van der Waals surface area contributed by atoms with Crippen molar-refractivity contribution in [1.29, 1.82) is 0 Å². The fraction of sp³-hybridized carbons (Fsp3) is 0.200. The Balaban J connectivity index is 0.000000386. The summed E-state index contributed by atoms with van der Waals surface area (Å²) < 4.78 is 28.6. The van der Waals surface area contributed by atoms with Crippen LogP contribution in [0, 0.1) is 27.7 Å². The first-order valence-corrected chi connectivity index (χ1v) is 13.1. The monoisotopic (exact) mass is 588 g/mol. The predicted molar refractivity (Wildman–Crippen MR) is 145 cm³/mol. The first-order valence-electron chi connectivity index (χ1n) is 11.6. The Morgan fingerprint density at radius 2 is 1.03 bits per heavy atom. The molecule has 0 saturated carbocycles. The molecule has 0 aliphatic heterocycles. The normalized spacial score (nSPS) is 12.5. The number of sulfonamides is 1. The van der Waals surface area contributed by atoms with E-state index in [1.54, 1.807) is 24.3 Å². The predicted octanol–water partition coefficient (Wildman–Crippen LogP) is 6.32. The molecule has 190 valence electrons. The van der Waals surface area contributed by atoms with E-state index < -0.39 is 22.1 Å². The number of rotatable bonds is 6. The van der Waals surface area contributed by atoms with Crippen molar-refractivity contribution in [2.24, 2.45) is 5.73 Å². The smallest absolute Gasteiger partial charge is 0.241 e. The Morgan fingerprint density at radius 3 is 1.47 bits per heavy atom. The molecule has 3 N–H and O–H groups in total. The summed E-state index contributed by atoms with van der Waals surface area (Å²) in [5, 5.41) is 0. The van der Waals surface area contributed by atoms with Crippen molar-refractivity contribution < 1.29 is 27.9 Å². The van der Waals surface area contributed by atoms with Gasteiger partial charge in [0.15, 0.2) is 0 Å². The standard InChI is InChI=1S/C21H22N2O2S.C9H12.Ru/c1-16-12-14-19(15-13-16)26(24,25)23-21(18-10-6-3-7-11-18)20(22)17-8-4-2-5-9-17;1-7-4-8(2)6-9(3)5-7;/h2-15,20-21,23H,22H2,1H3;4-6H,1-3H3;/t20-,21-;;/m1../s1. The van der Waals surface area contributed by atoms with Gasteiger partial charge in [0.2, 0.25) is 10.0 Å². The largest absolute Gasteiger partial charge is 0.322 e. The molecule has 0 amide bonds. The topological polar surface area (TPSA) is 72.2 Å². The van der Waals surface area contributed by atoms with Gasteiger partial charge in [-0.05, 0) is 51.0 Å². The van der Waals surface area contributed by atoms with E-state index in [-0.39, 0.29) is 24.4 Å². The van der Waals surface area contributed by atoms with Crippen LogP contribution in [0.3, 0.4) is 0 Å². The van der Waals surface area contributed by atoms with Gasteiger partial charge in [0, 0.05) is 19.5 Å². The molecule has 0 unspecified atom stereocenters. The van der Waals surface area contributed by atoms with Crippen molar-refractivity contribution in [2.45, 2.75) is 44.7 Å². The Bertz CT molecular complexity index is 1280. The third kappa shape index (κ3) is 8.49. The quantitative estimate of drug-likeness (QED) is 0.259. The van der Waals surface area contributed by atoms with E-state index in [0.29, 0.717) is 0 Å². The van der Waals surface area contributed by atoms with Gasteiger partial charge in [0.25, 0.3) is 0 Å². The van der Waals surface area contributed by atoms with Crippen LogP contribution in [-0.4, -0.2) is 8.42 Å². The minimum atomic E-state index is -3.71. The van der Waals surface area contributed by atoms with Crippen LogP contribution in [-0.2, 0) is 29.5 Å². The zero-order chi connectivity index (χ0) is 25.4. The number of nitrogens with two attached hydrogens (primary N) is 1. The zero-order valence-corrected chi connectivity index (χ0v) is 23.7. The molecule has 0 heterocycles. The first kappa shape index (κ1) is 29.6. The molecule has 2 atom stereocenters. The van der Waals surface area contributed by atoms with E-state index in [2.05, 4.69) is 43.7 Å². The summed E-state index contributed by atoms with van der Waals surface area (Å²) in [6.45, 7) is 8.29. The van der Waals surface area contributed by atoms with Crippen LogP contribution < -0.4 is 10.5 Å². The summed E-state index contributed by atoms with van der Waals surface area (Å²) in [5.74, 6) is 0. The van der Waals surface area contributed by atoms with Crippen molar-refractivity contribution in [3.63, 3.8) is 0 Å². The van der Waals surface area contributed by atoms with Gasteiger partial charge in [-0.15, -0.1) is 0 Å². The molecule has 6 heteroatoms. The maximum Gasteiger partial charge on any atom is 0.241 e. The molecule has 4 aromatic carbocycles. The number of aryl methyl sites for hydroxylation is 4. The van der Waals surface area contributed by atoms with Gasteiger partial charge in [-0.25, -0.2) is 13.1 Å². The second-order valence-electron chi connectivity index (χ2n) is 8.92. The fourth-order valence-electron chi connectivity index (χ4n) is 4.03. The van der Waals surface area contributed by atoms with Crippen molar-refractivity contribution in [3.05, 3.63) is 137 Å². The average Bonchev–Trinajstić information content (AvgIpc) is 2.83. The Morgan fingerprint density at radius 1 is 0.611 bits per heavy atom. The van der Waals surface area contributed by atoms with Gasteiger partial charge in [-0.1, -0.05) is 113 Å². The summed E-state index contributed by atoms with van der Waals surface area (Å²) in [7, 11) is -3.71. The zero-order valence-electron chi connectivity index (χ0n) is 21.1. The number of hydrogen-bond acceptors (Lipinski definition) is 3. The molecule has 0 fully saturated rings. The van der Waals surface area contributed by atoms with Crippen molar-refractivity contribution in [3.8, 4) is 0 Å². The van der Waals surface area contributed by atoms with Gasteiger partial charge >= 0.3 is 0 Å². The summed E-state index contributed by atoms with van der Waals surface area (Å²) in [6.07, 6.45) is 0. The molecule has 4 rings (SSSR count). The van der Waals surface area contributed by atoms with E-state index in [1.807, 2.05) is 67.6 Å². The van der Waals surface area contributed by atoms with E-state index in [4.69, 9.17) is 5.73 Å². The van der Waals surface area contributed by atoms with E-state index in [9.17, 15) is 8.42 Å². The number of hydrogen-bond donors (Lipinski definition) is 2. The molecule has 0 saturated heterocycles. The molecule has 0 radical (unpaired) electrons. The number of nitrogens with one attached hydrogen (secondary N) is 1. The third-order valence-corrected chi connectivity index (χ3v) is 7.14. The van der Waals surface area contributed by atoms with Crippen molar-refractivity contribution in [2.75, 3.05) is 0 Å². The molecular formula is C30H34N2O2RuS. The van der Waals surface area contributed by atoms with Gasteiger partial charge < -0.3 is 5.73 Å². The Hall–Kier alpha value is -2.63. The molecule has 0 aliphatic carbocycles. The molecule has 4 aromatic rings. The molecule has 0 aromatic heterocycles. The minimum Gasteiger partial charge on any atom is -0.322 e. The van der Waals surface area contributed by atoms with Gasteiger partial charge in [0.1, 0.15) is 0 Å². The van der Waals surface area contributed by atoms with Crippen LogP contribution in [0.1, 0.15) is 45.5 Å². The summed E-state index contributed by atoms with van der Waals surface area (Å²) in [4.78, 5) is 0.226. The van der Waals surface area contributed by atoms with Crippen LogP contribution >= 0.6 is 0 Å². The van der Waals surface area contributed by atoms with Crippen LogP contribution in [0.15, 0.2) is 108 Å². The van der Waals surface area contributed by atoms with Crippen LogP contribution in [0.4, 0.5) is 0 Å². The summed E-state index contributed by atoms with van der Waals surface area (Å²) in [6, 6.07) is 31.1. The molecule has 0 bridgehead atoms. The molecule has 0 aliphatic rings. The van der Waals surface area contributed by atoms with Crippen LogP contribution in [0.5, 0.6) is 0 Å². The molecule has 0 spiro atoms. The Kier molecular flexibility index (Phi) is 11.2. The van der Waals surface area contributed by atoms with E-state index >= 15 is 0 Å². The molecular weight excluding hydrogens is 553 g/mol. The van der Waals surface area contributed by atoms with Crippen LogP contribution in [0.25, 0.3) is 0 Å². The van der Waals surface area contributed by atoms with E-state index in [0.717, 1.165) is 16.7 Å². The van der Waals surface area contributed by atoms with Crippen LogP contribution in [0.2, 0.25) is 0 Å². The van der Waals surface area contributed by atoms with Gasteiger partial charge in [0.05, 0.1) is 17.0 Å². The average molecular weight is 588 g/mol. The fourth-order valence-corrected chi connectivity index (χ4v) is 5.28.